The number of para-hydroxylation sites is 2. The van der Waals surface area contributed by atoms with Crippen LogP contribution >= 0.6 is 0 Å². The molecule has 1 N–H and O–H groups in total. The van der Waals surface area contributed by atoms with E-state index in [4.69, 9.17) is 0 Å². The highest BCUT2D eigenvalue weighted by atomic mass is 16.3. The van der Waals surface area contributed by atoms with Crippen LogP contribution in [0.4, 0.5) is 0 Å². The summed E-state index contributed by atoms with van der Waals surface area (Å²) in [5.74, 6) is 1.03. The van der Waals surface area contributed by atoms with Crippen LogP contribution in [0.1, 0.15) is 25.6 Å². The lowest BCUT2D eigenvalue weighted by Crippen LogP contribution is -2.11. The summed E-state index contributed by atoms with van der Waals surface area (Å²) in [6.07, 6.45) is 2.35. The minimum atomic E-state index is 0.0193. The van der Waals surface area contributed by atoms with Crippen molar-refractivity contribution in [3.05, 3.63) is 30.1 Å². The molecule has 78 valence electrons. The monoisotopic (exact) mass is 202 g/mol. The van der Waals surface area contributed by atoms with Crippen molar-refractivity contribution in [2.75, 3.05) is 0 Å². The molecule has 3 heteroatoms. The van der Waals surface area contributed by atoms with Crippen LogP contribution in [0.5, 0.6) is 0 Å². The van der Waals surface area contributed by atoms with Crippen LogP contribution in [0.3, 0.4) is 0 Å². The maximum absolute atomic E-state index is 9.42. The van der Waals surface area contributed by atoms with E-state index in [1.165, 1.54) is 12.8 Å². The summed E-state index contributed by atoms with van der Waals surface area (Å²) < 4.78 is 1.92. The van der Waals surface area contributed by atoms with Crippen molar-refractivity contribution in [3.63, 3.8) is 0 Å². The van der Waals surface area contributed by atoms with Crippen LogP contribution in [-0.2, 0) is 12.1 Å². The summed E-state index contributed by atoms with van der Waals surface area (Å²) in [5.41, 5.74) is 2.21. The van der Waals surface area contributed by atoms with E-state index >= 15 is 0 Å². The Labute approximate surface area is 88.4 Å². The molecule has 0 radical (unpaired) electrons. The standard InChI is InChI=1S/C12H14N2O/c1-12(6-7-12)11-13-9-4-2-3-5-10(9)14(11)8-15/h2-5,15H,6-8H2,1H3. The van der Waals surface area contributed by atoms with Crippen LogP contribution in [0.25, 0.3) is 11.0 Å². The van der Waals surface area contributed by atoms with Crippen LogP contribution in [0.15, 0.2) is 24.3 Å². The number of aliphatic hydroxyl groups is 1. The van der Waals surface area contributed by atoms with Crippen molar-refractivity contribution in [1.82, 2.24) is 9.55 Å². The van der Waals surface area contributed by atoms with Gasteiger partial charge in [0.15, 0.2) is 0 Å². The highest BCUT2D eigenvalue weighted by molar-refractivity contribution is 5.76. The van der Waals surface area contributed by atoms with Crippen molar-refractivity contribution in [1.29, 1.82) is 0 Å². The third kappa shape index (κ3) is 1.20. The van der Waals surface area contributed by atoms with Gasteiger partial charge in [0.25, 0.3) is 0 Å². The fourth-order valence-corrected chi connectivity index (χ4v) is 2.09. The number of benzene rings is 1. The Morgan fingerprint density at radius 1 is 1.40 bits per heavy atom. The summed E-state index contributed by atoms with van der Waals surface area (Å²) in [6.45, 7) is 2.23. The Hall–Kier alpha value is -1.35. The smallest absolute Gasteiger partial charge is 0.121 e. The SMILES string of the molecule is CC1(c2nc3ccccc3n2CO)CC1. The number of aliphatic hydroxyl groups excluding tert-OH is 1. The molecule has 1 aliphatic carbocycles. The van der Waals surface area contributed by atoms with Crippen molar-refractivity contribution in [2.24, 2.45) is 0 Å². The first-order valence-electron chi connectivity index (χ1n) is 5.31. The van der Waals surface area contributed by atoms with Gasteiger partial charge >= 0.3 is 0 Å². The Kier molecular flexibility index (Phi) is 1.68. The van der Waals surface area contributed by atoms with Crippen LogP contribution in [0, 0.1) is 0 Å². The van der Waals surface area contributed by atoms with Gasteiger partial charge in [-0.25, -0.2) is 4.98 Å². The summed E-state index contributed by atoms with van der Waals surface area (Å²) >= 11 is 0. The van der Waals surface area contributed by atoms with Crippen LogP contribution in [-0.4, -0.2) is 14.7 Å². The minimum Gasteiger partial charge on any atom is -0.376 e. The van der Waals surface area contributed by atoms with E-state index < -0.39 is 0 Å². The van der Waals surface area contributed by atoms with E-state index in [0.717, 1.165) is 16.9 Å². The zero-order chi connectivity index (χ0) is 10.5. The lowest BCUT2D eigenvalue weighted by Gasteiger charge is -2.09. The largest absolute Gasteiger partial charge is 0.376 e. The second kappa shape index (κ2) is 2.83. The molecule has 0 spiro atoms. The molecule has 1 aliphatic rings. The topological polar surface area (TPSA) is 38.0 Å². The Bertz CT molecular complexity index is 511. The molecule has 0 aliphatic heterocycles. The van der Waals surface area contributed by atoms with Crippen molar-refractivity contribution >= 4 is 11.0 Å². The number of fused-ring (bicyclic) bond motifs is 1. The predicted octanol–water partition coefficient (Wildman–Crippen LogP) is 2.04. The van der Waals surface area contributed by atoms with Crippen LogP contribution < -0.4 is 0 Å². The minimum absolute atomic E-state index is 0.0193. The van der Waals surface area contributed by atoms with Crippen molar-refractivity contribution < 1.29 is 5.11 Å². The van der Waals surface area contributed by atoms with Crippen molar-refractivity contribution in [2.45, 2.75) is 31.9 Å². The van der Waals surface area contributed by atoms with Gasteiger partial charge in [-0.1, -0.05) is 19.1 Å². The van der Waals surface area contributed by atoms with Gasteiger partial charge in [-0.2, -0.15) is 0 Å². The molecule has 1 aromatic carbocycles. The molecular formula is C12H14N2O. The third-order valence-electron chi connectivity index (χ3n) is 3.34. The molecule has 1 saturated carbocycles. The Morgan fingerprint density at radius 2 is 2.13 bits per heavy atom. The fraction of sp³-hybridized carbons (Fsp3) is 0.417. The normalized spacial score (nSPS) is 18.3. The highest BCUT2D eigenvalue weighted by Crippen LogP contribution is 2.47. The predicted molar refractivity (Wildman–Crippen MR) is 58.5 cm³/mol. The molecule has 3 nitrogen and oxygen atoms in total. The molecule has 0 saturated heterocycles. The maximum Gasteiger partial charge on any atom is 0.121 e. The lowest BCUT2D eigenvalue weighted by molar-refractivity contribution is 0.208. The van der Waals surface area contributed by atoms with Crippen molar-refractivity contribution in [3.8, 4) is 0 Å². The number of nitrogens with zero attached hydrogens (tertiary/aromatic N) is 2. The summed E-state index contributed by atoms with van der Waals surface area (Å²) in [7, 11) is 0. The molecule has 0 bridgehead atoms. The summed E-state index contributed by atoms with van der Waals surface area (Å²) in [5, 5.41) is 9.42. The second-order valence-electron chi connectivity index (χ2n) is 4.55. The molecule has 1 fully saturated rings. The first kappa shape index (κ1) is 8.92. The van der Waals surface area contributed by atoms with E-state index in [2.05, 4.69) is 11.9 Å². The number of aromatic nitrogens is 2. The van der Waals surface area contributed by atoms with Gasteiger partial charge in [0.2, 0.25) is 0 Å². The van der Waals surface area contributed by atoms with Gasteiger partial charge < -0.3 is 9.67 Å². The first-order chi connectivity index (χ1) is 7.24. The molecule has 0 amide bonds. The van der Waals surface area contributed by atoms with E-state index in [9.17, 15) is 5.11 Å². The molecule has 0 atom stereocenters. The molecule has 2 aromatic rings. The second-order valence-corrected chi connectivity index (χ2v) is 4.55. The summed E-state index contributed by atoms with van der Waals surface area (Å²) in [4.78, 5) is 4.62. The number of hydrogen-bond donors (Lipinski definition) is 1. The lowest BCUT2D eigenvalue weighted by atomic mass is 10.1. The van der Waals surface area contributed by atoms with Gasteiger partial charge in [0.05, 0.1) is 11.0 Å². The molecule has 1 aromatic heterocycles. The van der Waals surface area contributed by atoms with Crippen LogP contribution in [0.2, 0.25) is 0 Å². The quantitative estimate of drug-likeness (QED) is 0.809. The number of hydrogen-bond acceptors (Lipinski definition) is 2. The van der Waals surface area contributed by atoms with Gasteiger partial charge in [0, 0.05) is 5.41 Å². The van der Waals surface area contributed by atoms with Gasteiger partial charge in [0.1, 0.15) is 12.6 Å². The van der Waals surface area contributed by atoms with E-state index in [-0.39, 0.29) is 12.1 Å². The van der Waals surface area contributed by atoms with E-state index in [1.54, 1.807) is 0 Å². The molecule has 1 heterocycles. The molecule has 3 rings (SSSR count). The fourth-order valence-electron chi connectivity index (χ4n) is 2.09. The van der Waals surface area contributed by atoms with Gasteiger partial charge in [-0.05, 0) is 25.0 Å². The molecular weight excluding hydrogens is 188 g/mol. The number of imidazole rings is 1. The Morgan fingerprint density at radius 3 is 2.80 bits per heavy atom. The third-order valence-corrected chi connectivity index (χ3v) is 3.34. The van der Waals surface area contributed by atoms with Gasteiger partial charge in [-0.3, -0.25) is 0 Å². The summed E-state index contributed by atoms with van der Waals surface area (Å²) in [6, 6.07) is 7.97. The zero-order valence-corrected chi connectivity index (χ0v) is 8.77. The van der Waals surface area contributed by atoms with E-state index in [1.807, 2.05) is 28.8 Å². The number of rotatable bonds is 2. The highest BCUT2D eigenvalue weighted by Gasteiger charge is 2.43. The molecule has 15 heavy (non-hydrogen) atoms. The maximum atomic E-state index is 9.42. The average Bonchev–Trinajstić information content (AvgIpc) is 2.89. The Balaban J connectivity index is 2.29. The van der Waals surface area contributed by atoms with Gasteiger partial charge in [-0.15, -0.1) is 0 Å². The zero-order valence-electron chi connectivity index (χ0n) is 8.77. The molecule has 0 unspecified atom stereocenters. The first-order valence-corrected chi connectivity index (χ1v) is 5.31. The van der Waals surface area contributed by atoms with E-state index in [0.29, 0.717) is 0 Å². The average molecular weight is 202 g/mol.